The smallest absolute Gasteiger partial charge is 0.265 e. The number of fused-ring (bicyclic) bond motifs is 1. The number of carbonyl (C=O) groups excluding carboxylic acids is 1. The summed E-state index contributed by atoms with van der Waals surface area (Å²) in [7, 11) is -3.37. The lowest BCUT2D eigenvalue weighted by Crippen LogP contribution is -2.15. The highest BCUT2D eigenvalue weighted by Gasteiger charge is 2.19. The first-order valence-electron chi connectivity index (χ1n) is 9.85. The largest absolute Gasteiger partial charge is 0.321 e. The first-order chi connectivity index (χ1) is 15.2. The summed E-state index contributed by atoms with van der Waals surface area (Å²) in [4.78, 5) is 14.3. The molecule has 0 unspecified atom stereocenters. The van der Waals surface area contributed by atoms with Gasteiger partial charge in [-0.25, -0.2) is 13.1 Å². The summed E-state index contributed by atoms with van der Waals surface area (Å²) >= 11 is 7.68. The predicted octanol–water partition coefficient (Wildman–Crippen LogP) is 5.37. The molecule has 0 atom stereocenters. The van der Waals surface area contributed by atoms with Crippen LogP contribution in [0.2, 0.25) is 5.02 Å². The van der Waals surface area contributed by atoms with Crippen LogP contribution < -0.4 is 10.0 Å². The van der Waals surface area contributed by atoms with Crippen LogP contribution in [0.4, 0.5) is 11.4 Å². The molecule has 0 spiro atoms. The molecule has 4 rings (SSSR count). The van der Waals surface area contributed by atoms with Crippen LogP contribution in [0.15, 0.2) is 48.5 Å². The third kappa shape index (κ3) is 4.36. The molecule has 0 fully saturated rings. The standard InChI is InChI=1S/C22H21ClN4O3S2/c1-4-32(29,30)26-18-10-9-15(11-13(18)2)24-21(28)20-12-16-14(3)25-27(22(16)31-20)19-8-6-5-7-17(19)23/h5-12,26H,4H2,1-3H3,(H,24,28). The van der Waals surface area contributed by atoms with E-state index in [1.165, 1.54) is 11.3 Å². The summed E-state index contributed by atoms with van der Waals surface area (Å²) < 4.78 is 27.9. The van der Waals surface area contributed by atoms with E-state index in [1.54, 1.807) is 42.8 Å². The Kier molecular flexibility index (Phi) is 5.98. The number of nitrogens with zero attached hydrogens (tertiary/aromatic N) is 2. The minimum Gasteiger partial charge on any atom is -0.321 e. The average Bonchev–Trinajstić information content (AvgIpc) is 3.31. The van der Waals surface area contributed by atoms with E-state index in [9.17, 15) is 13.2 Å². The van der Waals surface area contributed by atoms with Crippen molar-refractivity contribution < 1.29 is 13.2 Å². The molecular weight excluding hydrogens is 468 g/mol. The predicted molar refractivity (Wildman–Crippen MR) is 131 cm³/mol. The van der Waals surface area contributed by atoms with Crippen LogP contribution in [0, 0.1) is 13.8 Å². The number of hydrogen-bond acceptors (Lipinski definition) is 5. The van der Waals surface area contributed by atoms with Crippen molar-refractivity contribution >= 4 is 60.5 Å². The number of aryl methyl sites for hydroxylation is 2. The Morgan fingerprint density at radius 1 is 1.16 bits per heavy atom. The number of halogens is 1. The van der Waals surface area contributed by atoms with E-state index in [4.69, 9.17) is 11.6 Å². The Morgan fingerprint density at radius 2 is 1.91 bits per heavy atom. The number of hydrogen-bond donors (Lipinski definition) is 2. The van der Waals surface area contributed by atoms with Gasteiger partial charge < -0.3 is 5.32 Å². The Bertz CT molecular complexity index is 1440. The summed E-state index contributed by atoms with van der Waals surface area (Å²) in [6.45, 7) is 5.25. The first-order valence-corrected chi connectivity index (χ1v) is 12.7. The number of nitrogens with one attached hydrogen (secondary N) is 2. The van der Waals surface area contributed by atoms with E-state index >= 15 is 0 Å². The molecule has 166 valence electrons. The zero-order chi connectivity index (χ0) is 23.0. The van der Waals surface area contributed by atoms with Gasteiger partial charge in [-0.05, 0) is 62.7 Å². The van der Waals surface area contributed by atoms with E-state index < -0.39 is 10.0 Å². The number of carbonyl (C=O) groups is 1. The fourth-order valence-electron chi connectivity index (χ4n) is 3.23. The molecule has 0 radical (unpaired) electrons. The normalized spacial score (nSPS) is 11.6. The van der Waals surface area contributed by atoms with Crippen molar-refractivity contribution in [1.82, 2.24) is 9.78 Å². The van der Waals surface area contributed by atoms with Gasteiger partial charge in [-0.3, -0.25) is 9.52 Å². The van der Waals surface area contributed by atoms with Crippen LogP contribution in [0.3, 0.4) is 0 Å². The van der Waals surface area contributed by atoms with Crippen molar-refractivity contribution in [3.63, 3.8) is 0 Å². The molecule has 0 saturated carbocycles. The molecule has 32 heavy (non-hydrogen) atoms. The van der Waals surface area contributed by atoms with Crippen LogP contribution in [0.1, 0.15) is 27.9 Å². The lowest BCUT2D eigenvalue weighted by atomic mass is 10.2. The summed E-state index contributed by atoms with van der Waals surface area (Å²) in [5, 5.41) is 8.92. The highest BCUT2D eigenvalue weighted by Crippen LogP contribution is 2.33. The molecule has 0 bridgehead atoms. The molecule has 4 aromatic rings. The second-order valence-electron chi connectivity index (χ2n) is 7.27. The summed E-state index contributed by atoms with van der Waals surface area (Å²) in [5.41, 5.74) is 3.33. The van der Waals surface area contributed by atoms with Gasteiger partial charge in [-0.15, -0.1) is 11.3 Å². The van der Waals surface area contributed by atoms with Crippen LogP contribution in [0.25, 0.3) is 15.9 Å². The van der Waals surface area contributed by atoms with Gasteiger partial charge >= 0.3 is 0 Å². The molecule has 1 amide bonds. The lowest BCUT2D eigenvalue weighted by molar-refractivity contribution is 0.103. The van der Waals surface area contributed by atoms with Crippen LogP contribution in [-0.2, 0) is 10.0 Å². The molecule has 2 aromatic heterocycles. The fourth-order valence-corrected chi connectivity index (χ4v) is 5.23. The minimum absolute atomic E-state index is 0.0120. The summed E-state index contributed by atoms with van der Waals surface area (Å²) in [5.74, 6) is -0.264. The molecule has 2 N–H and O–H groups in total. The summed E-state index contributed by atoms with van der Waals surface area (Å²) in [6, 6.07) is 14.3. The summed E-state index contributed by atoms with van der Waals surface area (Å²) in [6.07, 6.45) is 0. The molecule has 0 aliphatic rings. The highest BCUT2D eigenvalue weighted by molar-refractivity contribution is 7.92. The SMILES string of the molecule is CCS(=O)(=O)Nc1ccc(NC(=O)c2cc3c(C)nn(-c4ccccc4Cl)c3s2)cc1C. The van der Waals surface area contributed by atoms with Crippen molar-refractivity contribution in [1.29, 1.82) is 0 Å². The van der Waals surface area contributed by atoms with Crippen LogP contribution in [0.5, 0.6) is 0 Å². The van der Waals surface area contributed by atoms with E-state index in [-0.39, 0.29) is 11.7 Å². The van der Waals surface area contributed by atoms with Gasteiger partial charge in [0.25, 0.3) is 5.91 Å². The van der Waals surface area contributed by atoms with Crippen LogP contribution in [-0.4, -0.2) is 29.9 Å². The zero-order valence-corrected chi connectivity index (χ0v) is 20.0. The third-order valence-electron chi connectivity index (χ3n) is 4.98. The first kappa shape index (κ1) is 22.3. The number of benzene rings is 2. The van der Waals surface area contributed by atoms with Crippen molar-refractivity contribution in [2.45, 2.75) is 20.8 Å². The Morgan fingerprint density at radius 3 is 2.59 bits per heavy atom. The topological polar surface area (TPSA) is 93.1 Å². The second kappa shape index (κ2) is 8.57. The molecular formula is C22H21ClN4O3S2. The Balaban J connectivity index is 1.61. The zero-order valence-electron chi connectivity index (χ0n) is 17.6. The molecule has 0 saturated heterocycles. The van der Waals surface area contributed by atoms with Gasteiger partial charge in [-0.2, -0.15) is 5.10 Å². The van der Waals surface area contributed by atoms with Gasteiger partial charge in [0.2, 0.25) is 10.0 Å². The van der Waals surface area contributed by atoms with Gasteiger partial charge in [0, 0.05) is 11.1 Å². The number of amides is 1. The molecule has 0 aliphatic carbocycles. The highest BCUT2D eigenvalue weighted by atomic mass is 35.5. The maximum Gasteiger partial charge on any atom is 0.265 e. The van der Waals surface area contributed by atoms with Crippen molar-refractivity contribution in [2.24, 2.45) is 0 Å². The number of para-hydroxylation sites is 1. The molecule has 0 aliphatic heterocycles. The lowest BCUT2D eigenvalue weighted by Gasteiger charge is -2.11. The molecule has 7 nitrogen and oxygen atoms in total. The van der Waals surface area contributed by atoms with Crippen molar-refractivity contribution in [2.75, 3.05) is 15.8 Å². The second-order valence-corrected chi connectivity index (χ2v) is 10.7. The van der Waals surface area contributed by atoms with Crippen molar-refractivity contribution in [3.8, 4) is 5.69 Å². The van der Waals surface area contributed by atoms with Gasteiger partial charge in [0.15, 0.2) is 0 Å². The number of aromatic nitrogens is 2. The molecule has 2 aromatic carbocycles. The third-order valence-corrected chi connectivity index (χ3v) is 7.70. The number of sulfonamides is 1. The monoisotopic (exact) mass is 488 g/mol. The van der Waals surface area contributed by atoms with E-state index in [2.05, 4.69) is 15.1 Å². The van der Waals surface area contributed by atoms with E-state index in [0.29, 0.717) is 26.8 Å². The fraction of sp³-hybridized carbons (Fsp3) is 0.182. The Labute approximate surface area is 195 Å². The maximum absolute atomic E-state index is 12.9. The minimum atomic E-state index is -3.37. The quantitative estimate of drug-likeness (QED) is 0.381. The molecule has 2 heterocycles. The number of rotatable bonds is 6. The molecule has 10 heteroatoms. The van der Waals surface area contributed by atoms with Gasteiger partial charge in [0.1, 0.15) is 4.83 Å². The van der Waals surface area contributed by atoms with Crippen molar-refractivity contribution in [3.05, 3.63) is 69.7 Å². The average molecular weight is 489 g/mol. The van der Waals surface area contributed by atoms with Gasteiger partial charge in [-0.1, -0.05) is 23.7 Å². The maximum atomic E-state index is 12.9. The number of anilines is 2. The number of thiophene rings is 1. The van der Waals surface area contributed by atoms with Crippen LogP contribution >= 0.6 is 22.9 Å². The van der Waals surface area contributed by atoms with E-state index in [0.717, 1.165) is 21.6 Å². The Hall–Kier alpha value is -2.88. The van der Waals surface area contributed by atoms with E-state index in [1.807, 2.05) is 31.2 Å². The van der Waals surface area contributed by atoms with Gasteiger partial charge in [0.05, 0.1) is 32.7 Å².